The number of anilines is 1. The molecule has 7 heteroatoms. The highest BCUT2D eigenvalue weighted by atomic mass is 79.9. The topological polar surface area (TPSA) is 71.3 Å². The van der Waals surface area contributed by atoms with Crippen molar-refractivity contribution in [3.63, 3.8) is 0 Å². The molecule has 1 heterocycles. The average Bonchev–Trinajstić information content (AvgIpc) is 2.81. The van der Waals surface area contributed by atoms with Crippen molar-refractivity contribution >= 4 is 49.4 Å². The normalized spacial score (nSPS) is 10.4. The summed E-state index contributed by atoms with van der Waals surface area (Å²) in [5.74, 6) is -1.45. The zero-order chi connectivity index (χ0) is 15.6. The van der Waals surface area contributed by atoms with Crippen molar-refractivity contribution in [1.82, 2.24) is 4.57 Å². The molecule has 0 bridgehead atoms. The van der Waals surface area contributed by atoms with Gasteiger partial charge in [-0.15, -0.1) is 0 Å². The molecule has 1 aromatic heterocycles. The van der Waals surface area contributed by atoms with Gasteiger partial charge in [0.05, 0.1) is 11.3 Å². The molecule has 0 aliphatic carbocycles. The highest BCUT2D eigenvalue weighted by molar-refractivity contribution is 9.10. The molecule has 0 aliphatic heterocycles. The Morgan fingerprint density at radius 1 is 1.24 bits per heavy atom. The fourth-order valence-electron chi connectivity index (χ4n) is 1.92. The lowest BCUT2D eigenvalue weighted by molar-refractivity contribution is 0.0698. The first kappa shape index (κ1) is 15.8. The molecule has 0 saturated carbocycles. The largest absolute Gasteiger partial charge is 0.478 e. The van der Waals surface area contributed by atoms with Crippen molar-refractivity contribution in [3.05, 3.63) is 50.7 Å². The van der Waals surface area contributed by atoms with Crippen LogP contribution in [0.25, 0.3) is 0 Å². The van der Waals surface area contributed by atoms with Crippen LogP contribution >= 0.6 is 31.9 Å². The van der Waals surface area contributed by atoms with Gasteiger partial charge in [0.15, 0.2) is 0 Å². The summed E-state index contributed by atoms with van der Waals surface area (Å²) in [5.41, 5.74) is 0.755. The molecule has 0 saturated heterocycles. The summed E-state index contributed by atoms with van der Waals surface area (Å²) < 4.78 is 3.21. The van der Waals surface area contributed by atoms with Crippen LogP contribution in [-0.4, -0.2) is 21.6 Å². The van der Waals surface area contributed by atoms with E-state index in [2.05, 4.69) is 37.2 Å². The average molecular weight is 416 g/mol. The molecule has 0 radical (unpaired) electrons. The summed E-state index contributed by atoms with van der Waals surface area (Å²) in [6.45, 7) is 2.56. The van der Waals surface area contributed by atoms with Crippen molar-refractivity contribution in [3.8, 4) is 0 Å². The van der Waals surface area contributed by atoms with E-state index in [-0.39, 0.29) is 17.2 Å². The fraction of sp³-hybridized carbons (Fsp3) is 0.143. The van der Waals surface area contributed by atoms with Crippen molar-refractivity contribution in [2.75, 3.05) is 5.32 Å². The van der Waals surface area contributed by atoms with Crippen LogP contribution in [0.1, 0.15) is 27.8 Å². The van der Waals surface area contributed by atoms with E-state index >= 15 is 0 Å². The summed E-state index contributed by atoms with van der Waals surface area (Å²) in [5, 5.41) is 11.8. The molecule has 0 spiro atoms. The van der Waals surface area contributed by atoms with Crippen LogP contribution in [-0.2, 0) is 6.54 Å². The molecule has 21 heavy (non-hydrogen) atoms. The van der Waals surface area contributed by atoms with Crippen LogP contribution in [0.4, 0.5) is 5.69 Å². The molecule has 0 fully saturated rings. The maximum absolute atomic E-state index is 12.3. The van der Waals surface area contributed by atoms with E-state index in [0.29, 0.717) is 16.7 Å². The van der Waals surface area contributed by atoms with Gasteiger partial charge in [0.1, 0.15) is 5.69 Å². The summed E-state index contributed by atoms with van der Waals surface area (Å²) in [4.78, 5) is 23.5. The van der Waals surface area contributed by atoms with Gasteiger partial charge in [-0.2, -0.15) is 0 Å². The Balaban J connectivity index is 2.33. The molecule has 0 unspecified atom stereocenters. The third kappa shape index (κ3) is 3.54. The third-order valence-electron chi connectivity index (χ3n) is 2.90. The van der Waals surface area contributed by atoms with Crippen molar-refractivity contribution in [2.24, 2.45) is 0 Å². The lowest BCUT2D eigenvalue weighted by Crippen LogP contribution is -2.18. The van der Waals surface area contributed by atoms with Gasteiger partial charge >= 0.3 is 5.97 Å². The van der Waals surface area contributed by atoms with Crippen LogP contribution in [0.2, 0.25) is 0 Å². The molecule has 2 aromatic rings. The molecule has 5 nitrogen and oxygen atoms in total. The molecule has 0 atom stereocenters. The lowest BCUT2D eigenvalue weighted by atomic mass is 10.1. The Bertz CT molecular complexity index is 710. The summed E-state index contributed by atoms with van der Waals surface area (Å²) in [6.07, 6.45) is 1.80. The number of benzene rings is 1. The van der Waals surface area contributed by atoms with Gasteiger partial charge in [-0.05, 0) is 47.1 Å². The van der Waals surface area contributed by atoms with Crippen molar-refractivity contribution < 1.29 is 14.7 Å². The minimum atomic E-state index is -1.10. The molecule has 0 aliphatic rings. The summed E-state index contributed by atoms with van der Waals surface area (Å²) in [6, 6.07) is 6.38. The van der Waals surface area contributed by atoms with E-state index in [1.807, 2.05) is 6.92 Å². The minimum Gasteiger partial charge on any atom is -0.478 e. The van der Waals surface area contributed by atoms with E-state index in [4.69, 9.17) is 0 Å². The Labute approximate surface area is 138 Å². The Morgan fingerprint density at radius 2 is 1.95 bits per heavy atom. The van der Waals surface area contributed by atoms with Gasteiger partial charge in [-0.1, -0.05) is 15.9 Å². The van der Waals surface area contributed by atoms with Crippen molar-refractivity contribution in [2.45, 2.75) is 13.5 Å². The number of amides is 1. The van der Waals surface area contributed by atoms with E-state index in [9.17, 15) is 14.7 Å². The molecular weight excluding hydrogens is 404 g/mol. The van der Waals surface area contributed by atoms with Crippen LogP contribution in [0.5, 0.6) is 0 Å². The number of aryl methyl sites for hydroxylation is 1. The Hall–Kier alpha value is -1.60. The maximum atomic E-state index is 12.3. The lowest BCUT2D eigenvalue weighted by Gasteiger charge is -2.10. The number of aromatic nitrogens is 1. The number of nitrogens with zero attached hydrogens (tertiary/aromatic N) is 1. The Kier molecular flexibility index (Phi) is 4.84. The maximum Gasteiger partial charge on any atom is 0.337 e. The second-order valence-electron chi connectivity index (χ2n) is 4.28. The first-order valence-electron chi connectivity index (χ1n) is 6.12. The van der Waals surface area contributed by atoms with Crippen molar-refractivity contribution in [1.29, 1.82) is 0 Å². The zero-order valence-electron chi connectivity index (χ0n) is 11.1. The SMILES string of the molecule is CCn1cc(Br)cc1C(=O)Nc1ccc(Br)cc1C(=O)O. The molecule has 1 amide bonds. The molecule has 110 valence electrons. The number of carboxylic acids is 1. The molecule has 1 aromatic carbocycles. The van der Waals surface area contributed by atoms with Gasteiger partial charge in [0.2, 0.25) is 0 Å². The highest BCUT2D eigenvalue weighted by Crippen LogP contribution is 2.23. The zero-order valence-corrected chi connectivity index (χ0v) is 14.2. The quantitative estimate of drug-likeness (QED) is 0.793. The molecule has 2 rings (SSSR count). The first-order valence-corrected chi connectivity index (χ1v) is 7.71. The van der Waals surface area contributed by atoms with Crippen LogP contribution in [0, 0.1) is 0 Å². The number of nitrogens with one attached hydrogen (secondary N) is 1. The van der Waals surface area contributed by atoms with Gasteiger partial charge in [0.25, 0.3) is 5.91 Å². The van der Waals surface area contributed by atoms with Gasteiger partial charge in [-0.3, -0.25) is 4.79 Å². The summed E-state index contributed by atoms with van der Waals surface area (Å²) in [7, 11) is 0. The minimum absolute atomic E-state index is 0.0337. The van der Waals surface area contributed by atoms with E-state index in [1.54, 1.807) is 29.0 Å². The smallest absolute Gasteiger partial charge is 0.337 e. The van der Waals surface area contributed by atoms with Gasteiger partial charge in [-0.25, -0.2) is 4.79 Å². The molecule has 2 N–H and O–H groups in total. The van der Waals surface area contributed by atoms with Crippen LogP contribution in [0.15, 0.2) is 39.4 Å². The van der Waals surface area contributed by atoms with E-state index in [0.717, 1.165) is 4.47 Å². The summed E-state index contributed by atoms with van der Waals surface area (Å²) >= 11 is 6.54. The third-order valence-corrected chi connectivity index (χ3v) is 3.82. The number of rotatable bonds is 4. The van der Waals surface area contributed by atoms with E-state index < -0.39 is 5.97 Å². The number of halogens is 2. The first-order chi connectivity index (χ1) is 9.92. The van der Waals surface area contributed by atoms with E-state index in [1.165, 1.54) is 6.07 Å². The second-order valence-corrected chi connectivity index (χ2v) is 6.11. The second kappa shape index (κ2) is 6.44. The number of hydrogen-bond acceptors (Lipinski definition) is 2. The predicted octanol–water partition coefficient (Wildman–Crippen LogP) is 3.98. The molecular formula is C14H12Br2N2O3. The van der Waals surface area contributed by atoms with Gasteiger partial charge in [0, 0.05) is 21.7 Å². The monoisotopic (exact) mass is 414 g/mol. The number of carbonyl (C=O) groups is 2. The standard InChI is InChI=1S/C14H12Br2N2O3/c1-2-18-7-9(16)6-12(18)13(19)17-11-4-3-8(15)5-10(11)14(20)21/h3-7H,2H2,1H3,(H,17,19)(H,20,21). The van der Waals surface area contributed by atoms with Crippen LogP contribution in [0.3, 0.4) is 0 Å². The predicted molar refractivity (Wildman–Crippen MR) is 86.9 cm³/mol. The highest BCUT2D eigenvalue weighted by Gasteiger charge is 2.16. The van der Waals surface area contributed by atoms with Gasteiger partial charge < -0.3 is 15.0 Å². The fourth-order valence-corrected chi connectivity index (χ4v) is 2.74. The number of aromatic carboxylic acids is 1. The number of carboxylic acid groups (broad SMARTS) is 1. The number of carbonyl (C=O) groups excluding carboxylic acids is 1. The van der Waals surface area contributed by atoms with Crippen LogP contribution < -0.4 is 5.32 Å². The Morgan fingerprint density at radius 3 is 2.57 bits per heavy atom. The number of hydrogen-bond donors (Lipinski definition) is 2.